The lowest BCUT2D eigenvalue weighted by molar-refractivity contribution is -0.137. The molecule has 1 amide bonds. The molecule has 160 valence electrons. The summed E-state index contributed by atoms with van der Waals surface area (Å²) >= 11 is 0. The minimum absolute atomic E-state index is 0.156. The van der Waals surface area contributed by atoms with Crippen molar-refractivity contribution >= 4 is 16.7 Å². The number of fused-ring (bicyclic) bond motifs is 3. The first-order valence-corrected chi connectivity index (χ1v) is 11.2. The molecule has 1 aromatic heterocycles. The summed E-state index contributed by atoms with van der Waals surface area (Å²) in [6, 6.07) is 16.8. The second-order valence-corrected chi connectivity index (χ2v) is 8.55. The lowest BCUT2D eigenvalue weighted by Crippen LogP contribution is -2.49. The molecular weight excluding hydrogens is 388 g/mol. The lowest BCUT2D eigenvalue weighted by Gasteiger charge is -2.39. The number of hydrogen-bond acceptors (Lipinski definition) is 4. The highest BCUT2D eigenvalue weighted by Crippen LogP contribution is 2.38. The second-order valence-electron chi connectivity index (χ2n) is 8.55. The Bertz CT molecular complexity index is 1050. The van der Waals surface area contributed by atoms with Crippen molar-refractivity contribution in [3.05, 3.63) is 66.5 Å². The van der Waals surface area contributed by atoms with Gasteiger partial charge in [-0.3, -0.25) is 9.78 Å². The van der Waals surface area contributed by atoms with Gasteiger partial charge in [-0.15, -0.1) is 0 Å². The van der Waals surface area contributed by atoms with Crippen molar-refractivity contribution in [2.24, 2.45) is 0 Å². The molecule has 2 aromatic carbocycles. The molecule has 5 heteroatoms. The minimum Gasteiger partial charge on any atom is -0.496 e. The van der Waals surface area contributed by atoms with Crippen molar-refractivity contribution in [1.82, 2.24) is 9.88 Å². The number of ether oxygens (including phenoxy) is 2. The van der Waals surface area contributed by atoms with E-state index in [1.165, 1.54) is 10.8 Å². The van der Waals surface area contributed by atoms with E-state index in [4.69, 9.17) is 9.47 Å². The number of benzene rings is 2. The Morgan fingerprint density at radius 2 is 1.87 bits per heavy atom. The van der Waals surface area contributed by atoms with Gasteiger partial charge in [-0.2, -0.15) is 0 Å². The number of nitrogens with zero attached hydrogens (tertiary/aromatic N) is 2. The third-order valence-electron chi connectivity index (χ3n) is 6.72. The van der Waals surface area contributed by atoms with E-state index >= 15 is 0 Å². The molecule has 3 aromatic rings. The third kappa shape index (κ3) is 3.97. The van der Waals surface area contributed by atoms with E-state index < -0.39 is 0 Å². The highest BCUT2D eigenvalue weighted by molar-refractivity contribution is 5.88. The molecule has 31 heavy (non-hydrogen) atoms. The van der Waals surface area contributed by atoms with Crippen molar-refractivity contribution in [3.63, 3.8) is 0 Å². The van der Waals surface area contributed by atoms with E-state index in [9.17, 15) is 4.79 Å². The van der Waals surface area contributed by atoms with Crippen molar-refractivity contribution in [3.8, 4) is 11.5 Å². The van der Waals surface area contributed by atoms with Crippen molar-refractivity contribution in [2.75, 3.05) is 7.11 Å². The Morgan fingerprint density at radius 1 is 1.06 bits per heavy atom. The molecule has 0 N–H and O–H groups in total. The molecule has 5 rings (SSSR count). The monoisotopic (exact) mass is 416 g/mol. The highest BCUT2D eigenvalue weighted by atomic mass is 16.5. The van der Waals surface area contributed by atoms with Crippen LogP contribution in [0.2, 0.25) is 0 Å². The largest absolute Gasteiger partial charge is 0.496 e. The smallest absolute Gasteiger partial charge is 0.223 e. The Balaban J connectivity index is 1.27. The molecule has 2 unspecified atom stereocenters. The van der Waals surface area contributed by atoms with Crippen molar-refractivity contribution in [1.29, 1.82) is 0 Å². The standard InChI is InChI=1S/C26H28N2O3/c1-30-25-12-8-18-5-2-3-7-23(18)24(25)11-13-26(29)28-19-9-10-20(28)16-22(15-19)31-21-6-4-14-27-17-21/h2-8,12,14,17,19-20,22H,9-11,13,15-16H2,1H3. The van der Waals surface area contributed by atoms with E-state index in [1.54, 1.807) is 19.5 Å². The number of methoxy groups -OCH3 is 1. The number of rotatable bonds is 6. The van der Waals surface area contributed by atoms with Gasteiger partial charge < -0.3 is 14.4 Å². The third-order valence-corrected chi connectivity index (χ3v) is 6.72. The van der Waals surface area contributed by atoms with Crippen LogP contribution in [0, 0.1) is 0 Å². The van der Waals surface area contributed by atoms with Gasteiger partial charge in [0.05, 0.1) is 13.3 Å². The summed E-state index contributed by atoms with van der Waals surface area (Å²) in [5.74, 6) is 1.93. The summed E-state index contributed by atoms with van der Waals surface area (Å²) in [6.45, 7) is 0. The first-order chi connectivity index (χ1) is 15.2. The second kappa shape index (κ2) is 8.58. The molecule has 2 saturated heterocycles. The fourth-order valence-corrected chi connectivity index (χ4v) is 5.37. The number of pyridine rings is 1. The number of aryl methyl sites for hydroxylation is 1. The summed E-state index contributed by atoms with van der Waals surface area (Å²) < 4.78 is 11.8. The molecule has 2 fully saturated rings. The van der Waals surface area contributed by atoms with Gasteiger partial charge in [0.15, 0.2) is 0 Å². The lowest BCUT2D eigenvalue weighted by atomic mass is 9.97. The van der Waals surface area contributed by atoms with Gasteiger partial charge in [0.25, 0.3) is 0 Å². The maximum absolute atomic E-state index is 13.3. The Kier molecular flexibility index (Phi) is 5.49. The average molecular weight is 417 g/mol. The van der Waals surface area contributed by atoms with Gasteiger partial charge in [0.1, 0.15) is 17.6 Å². The predicted octanol–water partition coefficient (Wildman–Crippen LogP) is 4.78. The number of carbonyl (C=O) groups is 1. The van der Waals surface area contributed by atoms with E-state index in [1.807, 2.05) is 30.3 Å². The van der Waals surface area contributed by atoms with Crippen LogP contribution in [0.15, 0.2) is 60.9 Å². The van der Waals surface area contributed by atoms with Crippen LogP contribution in [-0.2, 0) is 11.2 Å². The fraction of sp³-hybridized carbons (Fsp3) is 0.385. The van der Waals surface area contributed by atoms with E-state index in [0.29, 0.717) is 12.8 Å². The molecular formula is C26H28N2O3. The van der Waals surface area contributed by atoms with Crippen LogP contribution in [0.5, 0.6) is 11.5 Å². The molecule has 5 nitrogen and oxygen atoms in total. The van der Waals surface area contributed by atoms with Gasteiger partial charge in [0.2, 0.25) is 5.91 Å². The van der Waals surface area contributed by atoms with Crippen LogP contribution in [0.4, 0.5) is 0 Å². The van der Waals surface area contributed by atoms with Crippen molar-refractivity contribution in [2.45, 2.75) is 56.7 Å². The molecule has 0 radical (unpaired) electrons. The zero-order valence-corrected chi connectivity index (χ0v) is 17.9. The van der Waals surface area contributed by atoms with Crippen LogP contribution in [0.1, 0.15) is 37.7 Å². The predicted molar refractivity (Wildman–Crippen MR) is 120 cm³/mol. The van der Waals surface area contributed by atoms with Crippen LogP contribution in [0.25, 0.3) is 10.8 Å². The van der Waals surface area contributed by atoms with E-state index in [0.717, 1.165) is 42.7 Å². The SMILES string of the molecule is COc1ccc2ccccc2c1CCC(=O)N1C2CCC1CC(Oc1cccnc1)C2. The molecule has 0 saturated carbocycles. The molecule has 2 aliphatic rings. The number of amides is 1. The Labute approximate surface area is 183 Å². The molecule has 2 atom stereocenters. The zero-order valence-electron chi connectivity index (χ0n) is 17.9. The summed E-state index contributed by atoms with van der Waals surface area (Å²) in [5.41, 5.74) is 1.12. The Hall–Kier alpha value is -3.08. The van der Waals surface area contributed by atoms with Gasteiger partial charge in [-0.05, 0) is 48.2 Å². The number of aromatic nitrogens is 1. The van der Waals surface area contributed by atoms with Crippen LogP contribution in [0.3, 0.4) is 0 Å². The maximum atomic E-state index is 13.3. The minimum atomic E-state index is 0.156. The average Bonchev–Trinajstić information content (AvgIpc) is 3.08. The molecule has 2 bridgehead atoms. The first kappa shape index (κ1) is 19.9. The molecule has 0 aliphatic carbocycles. The summed E-state index contributed by atoms with van der Waals surface area (Å²) in [4.78, 5) is 19.6. The number of carbonyl (C=O) groups excluding carboxylic acids is 1. The van der Waals surface area contributed by atoms with Gasteiger partial charge >= 0.3 is 0 Å². The van der Waals surface area contributed by atoms with E-state index in [2.05, 4.69) is 28.1 Å². The van der Waals surface area contributed by atoms with Gasteiger partial charge in [0, 0.05) is 43.1 Å². The summed E-state index contributed by atoms with van der Waals surface area (Å²) in [5, 5.41) is 2.35. The van der Waals surface area contributed by atoms with Crippen LogP contribution < -0.4 is 9.47 Å². The zero-order chi connectivity index (χ0) is 21.2. The molecule has 2 aliphatic heterocycles. The number of hydrogen-bond donors (Lipinski definition) is 0. The Morgan fingerprint density at radius 3 is 2.61 bits per heavy atom. The van der Waals surface area contributed by atoms with Crippen LogP contribution in [-0.4, -0.2) is 41.1 Å². The van der Waals surface area contributed by atoms with E-state index in [-0.39, 0.29) is 24.1 Å². The molecule has 0 spiro atoms. The first-order valence-electron chi connectivity index (χ1n) is 11.2. The summed E-state index contributed by atoms with van der Waals surface area (Å²) in [6.07, 6.45) is 8.80. The fourth-order valence-electron chi connectivity index (χ4n) is 5.37. The topological polar surface area (TPSA) is 51.7 Å². The normalized spacial score (nSPS) is 22.5. The van der Waals surface area contributed by atoms with Gasteiger partial charge in [-0.1, -0.05) is 30.3 Å². The maximum Gasteiger partial charge on any atom is 0.223 e. The summed E-state index contributed by atoms with van der Waals surface area (Å²) in [7, 11) is 1.70. The molecule has 3 heterocycles. The van der Waals surface area contributed by atoms with Crippen LogP contribution >= 0.6 is 0 Å². The highest BCUT2D eigenvalue weighted by Gasteiger charge is 2.43. The number of piperidine rings is 1. The van der Waals surface area contributed by atoms with Crippen molar-refractivity contribution < 1.29 is 14.3 Å². The van der Waals surface area contributed by atoms with Gasteiger partial charge in [-0.25, -0.2) is 0 Å². The quantitative estimate of drug-likeness (QED) is 0.580.